The van der Waals surface area contributed by atoms with E-state index in [4.69, 9.17) is 4.98 Å². The summed E-state index contributed by atoms with van der Waals surface area (Å²) in [4.78, 5) is 33.3. The van der Waals surface area contributed by atoms with Crippen LogP contribution in [0.3, 0.4) is 0 Å². The summed E-state index contributed by atoms with van der Waals surface area (Å²) < 4.78 is 1.81. The lowest BCUT2D eigenvalue weighted by atomic mass is 9.92. The number of aryl methyl sites for hydroxylation is 2. The molecule has 8 heteroatoms. The molecule has 0 bridgehead atoms. The van der Waals surface area contributed by atoms with Crippen molar-refractivity contribution < 1.29 is 0 Å². The van der Waals surface area contributed by atoms with Crippen molar-refractivity contribution in [1.29, 1.82) is 0 Å². The molecule has 7 rings (SSSR count). The molecule has 0 radical (unpaired) electrons. The van der Waals surface area contributed by atoms with Crippen LogP contribution < -0.4 is 10.9 Å². The van der Waals surface area contributed by atoms with E-state index in [0.29, 0.717) is 11.2 Å². The molecule has 1 N–H and O–H groups in total. The molecule has 0 spiro atoms. The lowest BCUT2D eigenvalue weighted by Gasteiger charge is -2.22. The molecule has 1 aliphatic carbocycles. The van der Waals surface area contributed by atoms with E-state index in [1.54, 1.807) is 11.8 Å². The van der Waals surface area contributed by atoms with Crippen LogP contribution in [0.1, 0.15) is 42.8 Å². The SMILES string of the molecule is CC(Nc1ncnc2scnc12)c1cc2cccc(-c3cnc4c(c3)CCCC4)c2c(=O)n1-c1ccccc1. The van der Waals surface area contributed by atoms with Crippen molar-refractivity contribution in [3.63, 3.8) is 0 Å². The molecule has 7 nitrogen and oxygen atoms in total. The highest BCUT2D eigenvalue weighted by molar-refractivity contribution is 7.16. The summed E-state index contributed by atoms with van der Waals surface area (Å²) in [6.07, 6.45) is 7.91. The number of thiazole rings is 1. The maximum absolute atomic E-state index is 14.4. The number of nitrogens with zero attached hydrogens (tertiary/aromatic N) is 5. The Morgan fingerprint density at radius 2 is 1.82 bits per heavy atom. The quantitative estimate of drug-likeness (QED) is 0.274. The first-order chi connectivity index (χ1) is 19.2. The highest BCUT2D eigenvalue weighted by Crippen LogP contribution is 2.32. The topological polar surface area (TPSA) is 85.6 Å². The molecule has 2 aromatic carbocycles. The van der Waals surface area contributed by atoms with Crippen molar-refractivity contribution in [3.8, 4) is 16.8 Å². The lowest BCUT2D eigenvalue weighted by Crippen LogP contribution is -2.26. The first-order valence-corrected chi connectivity index (χ1v) is 14.1. The number of hydrogen-bond donors (Lipinski definition) is 1. The van der Waals surface area contributed by atoms with E-state index in [1.807, 2.05) is 66.2 Å². The zero-order valence-corrected chi connectivity index (χ0v) is 22.3. The van der Waals surface area contributed by atoms with E-state index in [9.17, 15) is 4.79 Å². The molecule has 4 aromatic heterocycles. The molecule has 1 atom stereocenters. The molecule has 0 saturated carbocycles. The van der Waals surface area contributed by atoms with Gasteiger partial charge in [-0.3, -0.25) is 14.3 Å². The smallest absolute Gasteiger partial charge is 0.263 e. The van der Waals surface area contributed by atoms with Crippen molar-refractivity contribution in [2.24, 2.45) is 0 Å². The van der Waals surface area contributed by atoms with Crippen LogP contribution in [0, 0.1) is 0 Å². The van der Waals surface area contributed by atoms with Crippen LogP contribution in [0.2, 0.25) is 0 Å². The Balaban J connectivity index is 1.42. The summed E-state index contributed by atoms with van der Waals surface area (Å²) in [7, 11) is 0. The van der Waals surface area contributed by atoms with Crippen LogP contribution in [-0.2, 0) is 12.8 Å². The highest BCUT2D eigenvalue weighted by atomic mass is 32.1. The minimum Gasteiger partial charge on any atom is -0.360 e. The number of nitrogens with one attached hydrogen (secondary N) is 1. The van der Waals surface area contributed by atoms with Gasteiger partial charge in [-0.1, -0.05) is 36.4 Å². The predicted octanol–water partition coefficient (Wildman–Crippen LogP) is 6.50. The normalized spacial score (nSPS) is 13.9. The molecule has 4 heterocycles. The van der Waals surface area contributed by atoms with Gasteiger partial charge in [0.2, 0.25) is 0 Å². The summed E-state index contributed by atoms with van der Waals surface area (Å²) in [5.41, 5.74) is 8.47. The molecule has 0 aliphatic heterocycles. The van der Waals surface area contributed by atoms with Gasteiger partial charge in [0.15, 0.2) is 5.82 Å². The molecular formula is C31H26N6OS. The minimum atomic E-state index is -0.240. The summed E-state index contributed by atoms with van der Waals surface area (Å²) in [6.45, 7) is 2.04. The standard InChI is InChI=1S/C31H26N6OS/c1-19(36-29-28-30(34-17-33-29)39-18-35-28)26-15-21-9-7-12-24(22-14-20-8-5-6-13-25(20)32-16-22)27(21)31(38)37(26)23-10-3-2-4-11-23/h2-4,7,9-12,14-19H,5-6,8,13H2,1H3,(H,33,34,36). The summed E-state index contributed by atoms with van der Waals surface area (Å²) in [5.74, 6) is 0.648. The van der Waals surface area contributed by atoms with Crippen molar-refractivity contribution >= 4 is 38.3 Å². The van der Waals surface area contributed by atoms with Gasteiger partial charge in [0, 0.05) is 28.8 Å². The maximum Gasteiger partial charge on any atom is 0.263 e. The van der Waals surface area contributed by atoms with Gasteiger partial charge in [0.1, 0.15) is 16.7 Å². The van der Waals surface area contributed by atoms with E-state index in [2.05, 4.69) is 32.4 Å². The van der Waals surface area contributed by atoms with Gasteiger partial charge in [-0.05, 0) is 73.4 Å². The Kier molecular flexibility index (Phi) is 5.89. The second kappa shape index (κ2) is 9.71. The Labute approximate surface area is 229 Å². The fourth-order valence-electron chi connectivity index (χ4n) is 5.60. The van der Waals surface area contributed by atoms with Gasteiger partial charge in [0.05, 0.1) is 16.9 Å². The lowest BCUT2D eigenvalue weighted by molar-refractivity contribution is 0.668. The second-order valence-corrected chi connectivity index (χ2v) is 10.8. The number of fused-ring (bicyclic) bond motifs is 3. The molecule has 192 valence electrons. The third-order valence-electron chi connectivity index (χ3n) is 7.50. The van der Waals surface area contributed by atoms with E-state index in [1.165, 1.54) is 35.4 Å². The summed E-state index contributed by atoms with van der Waals surface area (Å²) in [5, 5.41) is 5.08. The first-order valence-electron chi connectivity index (χ1n) is 13.2. The van der Waals surface area contributed by atoms with Crippen LogP contribution in [-0.4, -0.2) is 24.5 Å². The largest absolute Gasteiger partial charge is 0.360 e. The van der Waals surface area contributed by atoms with Gasteiger partial charge >= 0.3 is 0 Å². The molecule has 39 heavy (non-hydrogen) atoms. The fraction of sp³-hybridized carbons (Fsp3) is 0.194. The number of pyridine rings is 2. The van der Waals surface area contributed by atoms with Gasteiger partial charge in [0.25, 0.3) is 5.56 Å². The third kappa shape index (κ3) is 4.17. The van der Waals surface area contributed by atoms with Crippen LogP contribution in [0.25, 0.3) is 37.9 Å². The van der Waals surface area contributed by atoms with E-state index >= 15 is 0 Å². The molecule has 0 amide bonds. The molecule has 1 unspecified atom stereocenters. The van der Waals surface area contributed by atoms with Crippen molar-refractivity contribution in [3.05, 3.63) is 106 Å². The van der Waals surface area contributed by atoms with Crippen LogP contribution >= 0.6 is 11.3 Å². The number of anilines is 1. The predicted molar refractivity (Wildman–Crippen MR) is 157 cm³/mol. The zero-order valence-electron chi connectivity index (χ0n) is 21.5. The van der Waals surface area contributed by atoms with Gasteiger partial charge in [-0.2, -0.15) is 0 Å². The van der Waals surface area contributed by atoms with Crippen LogP contribution in [0.15, 0.2) is 83.5 Å². The third-order valence-corrected chi connectivity index (χ3v) is 8.23. The van der Waals surface area contributed by atoms with Gasteiger partial charge in [-0.25, -0.2) is 15.0 Å². The number of hydrogen-bond acceptors (Lipinski definition) is 7. The second-order valence-electron chi connectivity index (χ2n) is 9.95. The zero-order chi connectivity index (χ0) is 26.3. The number of aromatic nitrogens is 5. The molecule has 0 fully saturated rings. The monoisotopic (exact) mass is 530 g/mol. The summed E-state index contributed by atoms with van der Waals surface area (Å²) >= 11 is 1.47. The van der Waals surface area contributed by atoms with Crippen LogP contribution in [0.4, 0.5) is 5.82 Å². The molecule has 0 saturated heterocycles. The van der Waals surface area contributed by atoms with E-state index in [-0.39, 0.29) is 11.6 Å². The van der Waals surface area contributed by atoms with Crippen molar-refractivity contribution in [2.75, 3.05) is 5.32 Å². The van der Waals surface area contributed by atoms with Crippen molar-refractivity contribution in [2.45, 2.75) is 38.6 Å². The highest BCUT2D eigenvalue weighted by Gasteiger charge is 2.21. The van der Waals surface area contributed by atoms with E-state index in [0.717, 1.165) is 51.1 Å². The maximum atomic E-state index is 14.4. The Morgan fingerprint density at radius 1 is 0.949 bits per heavy atom. The van der Waals surface area contributed by atoms with Gasteiger partial charge in [-0.15, -0.1) is 11.3 Å². The van der Waals surface area contributed by atoms with Crippen molar-refractivity contribution in [1.82, 2.24) is 24.5 Å². The number of para-hydroxylation sites is 1. The number of benzene rings is 2. The molecular weight excluding hydrogens is 504 g/mol. The van der Waals surface area contributed by atoms with E-state index < -0.39 is 0 Å². The van der Waals surface area contributed by atoms with Gasteiger partial charge < -0.3 is 5.32 Å². The Morgan fingerprint density at radius 3 is 2.72 bits per heavy atom. The average molecular weight is 531 g/mol. The Hall–Kier alpha value is -4.43. The number of rotatable bonds is 5. The fourth-order valence-corrected chi connectivity index (χ4v) is 6.23. The molecule has 6 aromatic rings. The molecule has 1 aliphatic rings. The van der Waals surface area contributed by atoms with Crippen LogP contribution in [0.5, 0.6) is 0 Å². The summed E-state index contributed by atoms with van der Waals surface area (Å²) in [6, 6.07) is 20.0. The first kappa shape index (κ1) is 23.7. The average Bonchev–Trinajstić information content (AvgIpc) is 3.47. The minimum absolute atomic E-state index is 0.0582. The Bertz CT molecular complexity index is 1900.